The van der Waals surface area contributed by atoms with Crippen molar-refractivity contribution < 1.29 is 9.59 Å². The van der Waals surface area contributed by atoms with E-state index in [2.05, 4.69) is 0 Å². The highest BCUT2D eigenvalue weighted by Gasteiger charge is 2.43. The van der Waals surface area contributed by atoms with Crippen LogP contribution in [-0.2, 0) is 4.79 Å². The van der Waals surface area contributed by atoms with Crippen LogP contribution in [0.3, 0.4) is 0 Å². The first-order valence-electron chi connectivity index (χ1n) is 6.37. The fourth-order valence-electron chi connectivity index (χ4n) is 2.42. The third kappa shape index (κ3) is 2.33. The minimum Gasteiger partial charge on any atom is -0.399 e. The number of likely N-dealkylation sites (N-methyl/N-ethyl adjacent to an activating group) is 1. The number of benzene rings is 1. The molecule has 0 bridgehead atoms. The molecule has 2 rings (SSSR count). The van der Waals surface area contributed by atoms with E-state index in [1.54, 1.807) is 48.9 Å². The summed E-state index contributed by atoms with van der Waals surface area (Å²) >= 11 is 6.07. The monoisotopic (exact) mass is 295 g/mol. The van der Waals surface area contributed by atoms with Crippen LogP contribution >= 0.6 is 11.6 Å². The summed E-state index contributed by atoms with van der Waals surface area (Å²) in [5.74, 6) is -0.356. The zero-order valence-corrected chi connectivity index (χ0v) is 12.6. The fourth-order valence-corrected chi connectivity index (χ4v) is 2.62. The van der Waals surface area contributed by atoms with Gasteiger partial charge in [0.1, 0.15) is 5.54 Å². The first-order chi connectivity index (χ1) is 9.25. The van der Waals surface area contributed by atoms with Crippen molar-refractivity contribution in [1.29, 1.82) is 0 Å². The quantitative estimate of drug-likeness (QED) is 0.801. The predicted octanol–water partition coefficient (Wildman–Crippen LogP) is 1.61. The van der Waals surface area contributed by atoms with Gasteiger partial charge in [0.2, 0.25) is 5.91 Å². The molecule has 2 amide bonds. The van der Waals surface area contributed by atoms with Gasteiger partial charge in [-0.3, -0.25) is 9.59 Å². The lowest BCUT2D eigenvalue weighted by atomic mass is 9.96. The summed E-state index contributed by atoms with van der Waals surface area (Å²) in [5, 5.41) is 0.339. The highest BCUT2D eigenvalue weighted by molar-refractivity contribution is 6.34. The van der Waals surface area contributed by atoms with E-state index in [9.17, 15) is 9.59 Å². The highest BCUT2D eigenvalue weighted by Crippen LogP contribution is 2.27. The maximum Gasteiger partial charge on any atom is 0.256 e. The molecule has 0 radical (unpaired) electrons. The molecule has 5 nitrogen and oxygen atoms in total. The number of nitrogens with two attached hydrogens (primary N) is 1. The van der Waals surface area contributed by atoms with Gasteiger partial charge in [-0.15, -0.1) is 0 Å². The average Bonchev–Trinajstić information content (AvgIpc) is 2.38. The number of hydrogen-bond acceptors (Lipinski definition) is 3. The molecule has 1 aromatic carbocycles. The van der Waals surface area contributed by atoms with E-state index in [0.29, 0.717) is 29.4 Å². The molecular formula is C14H18ClN3O2. The topological polar surface area (TPSA) is 66.6 Å². The van der Waals surface area contributed by atoms with Gasteiger partial charge >= 0.3 is 0 Å². The molecule has 1 aromatic rings. The third-order valence-electron chi connectivity index (χ3n) is 3.67. The van der Waals surface area contributed by atoms with E-state index in [-0.39, 0.29) is 11.8 Å². The summed E-state index contributed by atoms with van der Waals surface area (Å²) in [6.45, 7) is 4.46. The van der Waals surface area contributed by atoms with Gasteiger partial charge < -0.3 is 15.5 Å². The van der Waals surface area contributed by atoms with Crippen molar-refractivity contribution in [2.24, 2.45) is 0 Å². The molecule has 1 aliphatic rings. The normalized spacial score (nSPS) is 18.3. The molecular weight excluding hydrogens is 278 g/mol. The van der Waals surface area contributed by atoms with E-state index in [1.165, 1.54) is 0 Å². The number of hydrogen-bond donors (Lipinski definition) is 1. The molecule has 1 fully saturated rings. The number of nitrogens with zero attached hydrogens (tertiary/aromatic N) is 2. The Labute approximate surface area is 123 Å². The van der Waals surface area contributed by atoms with Crippen molar-refractivity contribution in [2.75, 3.05) is 25.9 Å². The van der Waals surface area contributed by atoms with Crippen LogP contribution in [0.25, 0.3) is 0 Å². The largest absolute Gasteiger partial charge is 0.399 e. The Kier molecular flexibility index (Phi) is 3.65. The number of carbonyl (C=O) groups excluding carboxylic acids is 2. The summed E-state index contributed by atoms with van der Waals surface area (Å²) in [4.78, 5) is 28.1. The summed E-state index contributed by atoms with van der Waals surface area (Å²) in [6.07, 6.45) is 0. The maximum absolute atomic E-state index is 12.7. The fraction of sp³-hybridized carbons (Fsp3) is 0.429. The van der Waals surface area contributed by atoms with Crippen LogP contribution in [0, 0.1) is 0 Å². The Morgan fingerprint density at radius 2 is 2.00 bits per heavy atom. The Balaban J connectivity index is 2.38. The van der Waals surface area contributed by atoms with Crippen LogP contribution < -0.4 is 5.73 Å². The number of nitrogen functional groups attached to an aromatic ring is 1. The van der Waals surface area contributed by atoms with E-state index >= 15 is 0 Å². The molecule has 1 aliphatic heterocycles. The van der Waals surface area contributed by atoms with Crippen LogP contribution in [0.4, 0.5) is 5.69 Å². The molecule has 0 aromatic heterocycles. The molecule has 1 saturated heterocycles. The van der Waals surface area contributed by atoms with Crippen molar-refractivity contribution in [1.82, 2.24) is 9.80 Å². The molecule has 0 spiro atoms. The second-order valence-electron chi connectivity index (χ2n) is 5.48. The Morgan fingerprint density at radius 1 is 1.35 bits per heavy atom. The van der Waals surface area contributed by atoms with Gasteiger partial charge in [-0.05, 0) is 32.0 Å². The Morgan fingerprint density at radius 3 is 2.65 bits per heavy atom. The van der Waals surface area contributed by atoms with Gasteiger partial charge in [0.25, 0.3) is 5.91 Å². The van der Waals surface area contributed by atoms with Crippen molar-refractivity contribution in [3.63, 3.8) is 0 Å². The number of rotatable bonds is 1. The molecule has 0 atom stereocenters. The lowest BCUT2D eigenvalue weighted by Gasteiger charge is -2.44. The molecule has 20 heavy (non-hydrogen) atoms. The second kappa shape index (κ2) is 4.98. The van der Waals surface area contributed by atoms with Crippen molar-refractivity contribution >= 4 is 29.1 Å². The Bertz CT molecular complexity index is 572. The third-order valence-corrected chi connectivity index (χ3v) is 4.00. The number of halogens is 1. The van der Waals surface area contributed by atoms with E-state index in [4.69, 9.17) is 17.3 Å². The summed E-state index contributed by atoms with van der Waals surface area (Å²) in [6, 6.07) is 4.78. The summed E-state index contributed by atoms with van der Waals surface area (Å²) < 4.78 is 0. The van der Waals surface area contributed by atoms with Crippen LogP contribution in [0.1, 0.15) is 24.2 Å². The molecule has 1 heterocycles. The number of carbonyl (C=O) groups is 2. The number of amides is 2. The average molecular weight is 296 g/mol. The van der Waals surface area contributed by atoms with Gasteiger partial charge in [0.15, 0.2) is 0 Å². The van der Waals surface area contributed by atoms with Gasteiger partial charge in [-0.2, -0.15) is 0 Å². The molecule has 108 valence electrons. The minimum atomic E-state index is -0.891. The summed E-state index contributed by atoms with van der Waals surface area (Å²) in [7, 11) is 1.74. The minimum absolute atomic E-state index is 0.0860. The zero-order valence-electron chi connectivity index (χ0n) is 11.8. The van der Waals surface area contributed by atoms with E-state index in [1.807, 2.05) is 0 Å². The van der Waals surface area contributed by atoms with E-state index < -0.39 is 5.54 Å². The molecule has 0 saturated carbocycles. The van der Waals surface area contributed by atoms with Gasteiger partial charge in [0, 0.05) is 25.8 Å². The molecule has 2 N–H and O–H groups in total. The van der Waals surface area contributed by atoms with Gasteiger partial charge in [0.05, 0.1) is 10.6 Å². The van der Waals surface area contributed by atoms with Crippen molar-refractivity contribution in [3.05, 3.63) is 28.8 Å². The molecule has 6 heteroatoms. The number of anilines is 1. The second-order valence-corrected chi connectivity index (χ2v) is 5.89. The van der Waals surface area contributed by atoms with Crippen LogP contribution in [0.5, 0.6) is 0 Å². The lowest BCUT2D eigenvalue weighted by Crippen LogP contribution is -2.63. The number of piperazine rings is 1. The summed E-state index contributed by atoms with van der Waals surface area (Å²) in [5.41, 5.74) is 5.62. The maximum atomic E-state index is 12.7. The lowest BCUT2D eigenvalue weighted by molar-refractivity contribution is -0.144. The highest BCUT2D eigenvalue weighted by atomic mass is 35.5. The van der Waals surface area contributed by atoms with Crippen molar-refractivity contribution in [3.8, 4) is 0 Å². The van der Waals surface area contributed by atoms with Gasteiger partial charge in [-0.25, -0.2) is 0 Å². The van der Waals surface area contributed by atoms with Crippen molar-refractivity contribution in [2.45, 2.75) is 19.4 Å². The Hall–Kier alpha value is -1.75. The van der Waals surface area contributed by atoms with E-state index in [0.717, 1.165) is 0 Å². The predicted molar refractivity (Wildman–Crippen MR) is 78.6 cm³/mol. The molecule has 0 unspecified atom stereocenters. The first-order valence-corrected chi connectivity index (χ1v) is 6.75. The van der Waals surface area contributed by atoms with Gasteiger partial charge in [-0.1, -0.05) is 11.6 Å². The van der Waals surface area contributed by atoms with Crippen LogP contribution in [0.2, 0.25) is 5.02 Å². The zero-order chi connectivity index (χ0) is 15.1. The van der Waals surface area contributed by atoms with Crippen LogP contribution in [-0.4, -0.2) is 47.3 Å². The SMILES string of the molecule is CN1CCN(C(=O)c2cc(N)ccc2Cl)C(C)(C)C1=O. The smallest absolute Gasteiger partial charge is 0.256 e. The van der Waals surface area contributed by atoms with Crippen LogP contribution in [0.15, 0.2) is 18.2 Å². The standard InChI is InChI=1S/C14H18ClN3O2/c1-14(2)13(20)17(3)6-7-18(14)12(19)10-8-9(16)4-5-11(10)15/h4-5,8H,6-7,16H2,1-3H3. The first kappa shape index (κ1) is 14.7. The molecule has 0 aliphatic carbocycles.